The summed E-state index contributed by atoms with van der Waals surface area (Å²) in [6, 6.07) is 5.66. The van der Waals surface area contributed by atoms with E-state index in [-0.39, 0.29) is 11.5 Å². The van der Waals surface area contributed by atoms with Gasteiger partial charge in [0.25, 0.3) is 0 Å². The monoisotopic (exact) mass is 349 g/mol. The van der Waals surface area contributed by atoms with Crippen LogP contribution in [0, 0.1) is 5.41 Å². The zero-order chi connectivity index (χ0) is 18.3. The number of rotatable bonds is 6. The second-order valence-corrected chi connectivity index (χ2v) is 6.81. The minimum atomic E-state index is -0.283. The van der Waals surface area contributed by atoms with Gasteiger partial charge in [-0.25, -0.2) is 0 Å². The molecule has 0 radical (unpaired) electrons. The molecule has 0 aliphatic heterocycles. The Morgan fingerprint density at radius 1 is 1.28 bits per heavy atom. The first-order chi connectivity index (χ1) is 12.0. The fourth-order valence-electron chi connectivity index (χ4n) is 3.18. The number of nitrogens with one attached hydrogen (secondary N) is 2. The Kier molecular flexibility index (Phi) is 6.93. The zero-order valence-corrected chi connectivity index (χ0v) is 15.8. The largest absolute Gasteiger partial charge is 0.493 e. The Hall–Kier alpha value is -1.95. The average molecular weight is 349 g/mol. The second kappa shape index (κ2) is 8.94. The summed E-state index contributed by atoms with van der Waals surface area (Å²) in [5, 5.41) is 16.9. The number of benzene rings is 1. The molecule has 1 aromatic rings. The van der Waals surface area contributed by atoms with E-state index in [1.54, 1.807) is 14.2 Å². The van der Waals surface area contributed by atoms with Crippen LogP contribution < -0.4 is 20.1 Å². The molecule has 0 aromatic heterocycles. The van der Waals surface area contributed by atoms with E-state index in [0.29, 0.717) is 24.0 Å². The van der Waals surface area contributed by atoms with Gasteiger partial charge in [-0.3, -0.25) is 4.99 Å². The van der Waals surface area contributed by atoms with Crippen molar-refractivity contribution in [2.45, 2.75) is 45.6 Å². The fraction of sp³-hybridized carbons (Fsp3) is 0.632. The lowest BCUT2D eigenvalue weighted by Gasteiger charge is -2.37. The van der Waals surface area contributed by atoms with Crippen LogP contribution in [-0.4, -0.2) is 44.5 Å². The highest BCUT2D eigenvalue weighted by atomic mass is 16.5. The van der Waals surface area contributed by atoms with Gasteiger partial charge in [0.05, 0.1) is 26.9 Å². The third kappa shape index (κ3) is 5.01. The third-order valence-electron chi connectivity index (χ3n) is 4.87. The predicted molar refractivity (Wildman–Crippen MR) is 102 cm³/mol. The van der Waals surface area contributed by atoms with E-state index in [9.17, 15) is 5.11 Å². The number of aliphatic imine (C=N–C) groups is 1. The lowest BCUT2D eigenvalue weighted by atomic mass is 9.73. The number of nitrogens with zero attached hydrogens (tertiary/aromatic N) is 1. The Balaban J connectivity index is 2.12. The van der Waals surface area contributed by atoms with E-state index < -0.39 is 0 Å². The molecule has 6 heteroatoms. The Morgan fingerprint density at radius 2 is 2.04 bits per heavy atom. The van der Waals surface area contributed by atoms with Gasteiger partial charge in [0.1, 0.15) is 0 Å². The van der Waals surface area contributed by atoms with Crippen molar-refractivity contribution in [2.75, 3.05) is 32.6 Å². The second-order valence-electron chi connectivity index (χ2n) is 6.81. The molecule has 2 rings (SSSR count). The first kappa shape index (κ1) is 19.4. The summed E-state index contributed by atoms with van der Waals surface area (Å²) in [5.74, 6) is 2.06. The summed E-state index contributed by atoms with van der Waals surface area (Å²) in [4.78, 5) is 4.72. The molecule has 0 spiro atoms. The van der Waals surface area contributed by atoms with Crippen LogP contribution in [0.4, 0.5) is 5.69 Å². The third-order valence-corrected chi connectivity index (χ3v) is 4.87. The molecule has 25 heavy (non-hydrogen) atoms. The number of guanidine groups is 1. The standard InChI is InChI=1S/C19H31N3O3/c1-5-20-18(21-13-19(2)11-7-6-8-17(19)23)22-14-9-10-15(24-3)16(12-14)25-4/h9-10,12,17,23H,5-8,11,13H2,1-4H3,(H2,20,21,22). The van der Waals surface area contributed by atoms with Crippen molar-refractivity contribution < 1.29 is 14.6 Å². The van der Waals surface area contributed by atoms with Gasteiger partial charge in [0.2, 0.25) is 0 Å². The summed E-state index contributed by atoms with van der Waals surface area (Å²) >= 11 is 0. The van der Waals surface area contributed by atoms with Crippen molar-refractivity contribution in [2.24, 2.45) is 10.4 Å². The predicted octanol–water partition coefficient (Wildman–Crippen LogP) is 3.02. The molecule has 0 amide bonds. The normalized spacial score (nSPS) is 23.9. The first-order valence-corrected chi connectivity index (χ1v) is 8.98. The summed E-state index contributed by atoms with van der Waals surface area (Å²) in [5.41, 5.74) is 0.713. The molecule has 1 aromatic carbocycles. The van der Waals surface area contributed by atoms with Crippen LogP contribution >= 0.6 is 0 Å². The van der Waals surface area contributed by atoms with Crippen LogP contribution in [0.5, 0.6) is 11.5 Å². The number of aliphatic hydroxyl groups is 1. The summed E-state index contributed by atoms with van der Waals surface area (Å²) < 4.78 is 10.6. The molecule has 0 saturated heterocycles. The van der Waals surface area contributed by atoms with Gasteiger partial charge in [-0.2, -0.15) is 0 Å². The van der Waals surface area contributed by atoms with E-state index in [1.807, 2.05) is 25.1 Å². The van der Waals surface area contributed by atoms with Crippen molar-refractivity contribution >= 4 is 11.6 Å². The van der Waals surface area contributed by atoms with Crippen LogP contribution in [0.15, 0.2) is 23.2 Å². The number of hydrogen-bond acceptors (Lipinski definition) is 4. The van der Waals surface area contributed by atoms with Crippen LogP contribution in [0.3, 0.4) is 0 Å². The zero-order valence-electron chi connectivity index (χ0n) is 15.8. The molecule has 1 saturated carbocycles. The molecular weight excluding hydrogens is 318 g/mol. The molecule has 1 fully saturated rings. The Labute approximate surface area is 150 Å². The quantitative estimate of drug-likeness (QED) is 0.544. The highest BCUT2D eigenvalue weighted by Crippen LogP contribution is 2.36. The molecular formula is C19H31N3O3. The maximum Gasteiger partial charge on any atom is 0.195 e. The SMILES string of the molecule is CCNC(=NCC1(C)CCCCC1O)Nc1ccc(OC)c(OC)c1. The van der Waals surface area contributed by atoms with Gasteiger partial charge in [0.15, 0.2) is 17.5 Å². The smallest absolute Gasteiger partial charge is 0.195 e. The first-order valence-electron chi connectivity index (χ1n) is 8.98. The molecule has 0 heterocycles. The summed E-state index contributed by atoms with van der Waals surface area (Å²) in [7, 11) is 3.24. The van der Waals surface area contributed by atoms with Crippen LogP contribution in [0.25, 0.3) is 0 Å². The van der Waals surface area contributed by atoms with E-state index >= 15 is 0 Å². The summed E-state index contributed by atoms with van der Waals surface area (Å²) in [6.45, 7) is 5.51. The Morgan fingerprint density at radius 3 is 2.68 bits per heavy atom. The van der Waals surface area contributed by atoms with E-state index in [2.05, 4.69) is 17.6 Å². The minimum Gasteiger partial charge on any atom is -0.493 e. The number of anilines is 1. The van der Waals surface area contributed by atoms with E-state index in [1.165, 1.54) is 0 Å². The van der Waals surface area contributed by atoms with Crippen molar-refractivity contribution in [3.8, 4) is 11.5 Å². The van der Waals surface area contributed by atoms with Gasteiger partial charge in [-0.15, -0.1) is 0 Å². The molecule has 0 bridgehead atoms. The van der Waals surface area contributed by atoms with Gasteiger partial charge < -0.3 is 25.2 Å². The van der Waals surface area contributed by atoms with E-state index in [4.69, 9.17) is 14.5 Å². The summed E-state index contributed by atoms with van der Waals surface area (Å²) in [6.07, 6.45) is 3.85. The van der Waals surface area contributed by atoms with E-state index in [0.717, 1.165) is 37.9 Å². The molecule has 3 N–H and O–H groups in total. The Bertz CT molecular complexity index is 591. The van der Waals surface area contributed by atoms with Crippen molar-refractivity contribution in [3.63, 3.8) is 0 Å². The minimum absolute atomic E-state index is 0.155. The van der Waals surface area contributed by atoms with Gasteiger partial charge in [0, 0.05) is 23.7 Å². The molecule has 2 atom stereocenters. The van der Waals surface area contributed by atoms with Gasteiger partial charge in [-0.1, -0.05) is 19.8 Å². The number of methoxy groups -OCH3 is 2. The highest BCUT2D eigenvalue weighted by molar-refractivity contribution is 5.93. The van der Waals surface area contributed by atoms with Gasteiger partial charge in [-0.05, 0) is 31.9 Å². The maximum atomic E-state index is 10.3. The molecule has 2 unspecified atom stereocenters. The number of hydrogen-bond donors (Lipinski definition) is 3. The van der Waals surface area contributed by atoms with Crippen molar-refractivity contribution in [3.05, 3.63) is 18.2 Å². The lowest BCUT2D eigenvalue weighted by Crippen LogP contribution is -2.39. The van der Waals surface area contributed by atoms with Crippen molar-refractivity contribution in [1.82, 2.24) is 5.32 Å². The van der Waals surface area contributed by atoms with Gasteiger partial charge >= 0.3 is 0 Å². The fourth-order valence-corrected chi connectivity index (χ4v) is 3.18. The molecule has 6 nitrogen and oxygen atoms in total. The maximum absolute atomic E-state index is 10.3. The van der Waals surface area contributed by atoms with Crippen molar-refractivity contribution in [1.29, 1.82) is 0 Å². The average Bonchev–Trinajstić information content (AvgIpc) is 2.62. The highest BCUT2D eigenvalue weighted by Gasteiger charge is 2.35. The topological polar surface area (TPSA) is 75.1 Å². The van der Waals surface area contributed by atoms with Crippen LogP contribution in [-0.2, 0) is 0 Å². The molecule has 1 aliphatic carbocycles. The van der Waals surface area contributed by atoms with Crippen LogP contribution in [0.2, 0.25) is 0 Å². The lowest BCUT2D eigenvalue weighted by molar-refractivity contribution is 0.00721. The number of ether oxygens (including phenoxy) is 2. The molecule has 140 valence electrons. The molecule has 1 aliphatic rings. The number of aliphatic hydroxyl groups excluding tert-OH is 1. The van der Waals surface area contributed by atoms with Crippen LogP contribution in [0.1, 0.15) is 39.5 Å².